The van der Waals surface area contributed by atoms with Crippen LogP contribution < -0.4 is 5.32 Å². The van der Waals surface area contributed by atoms with Gasteiger partial charge in [-0.15, -0.1) is 0 Å². The summed E-state index contributed by atoms with van der Waals surface area (Å²) in [5.74, 6) is -0.688. The zero-order valence-corrected chi connectivity index (χ0v) is 7.53. The molecule has 1 unspecified atom stereocenters. The summed E-state index contributed by atoms with van der Waals surface area (Å²) < 4.78 is 0. The molecule has 2 rings (SSSR count). The fourth-order valence-corrected chi connectivity index (χ4v) is 1.77. The molecule has 0 radical (unpaired) electrons. The van der Waals surface area contributed by atoms with Crippen LogP contribution in [0.1, 0.15) is 17.2 Å². The normalized spacial score (nSPS) is 20.1. The van der Waals surface area contributed by atoms with E-state index in [1.807, 2.05) is 0 Å². The van der Waals surface area contributed by atoms with E-state index in [2.05, 4.69) is 5.32 Å². The molecule has 3 N–H and O–H groups in total. The summed E-state index contributed by atoms with van der Waals surface area (Å²) in [5.41, 5.74) is 1.66. The first-order valence-corrected chi connectivity index (χ1v) is 4.46. The zero-order valence-electron chi connectivity index (χ0n) is 7.53. The van der Waals surface area contributed by atoms with Crippen LogP contribution in [0, 0.1) is 0 Å². The number of aliphatic carboxylic acids is 1. The molecule has 0 aromatic heterocycles. The number of carboxylic acid groups (broad SMARTS) is 1. The average Bonchev–Trinajstić information content (AvgIpc) is 2.16. The Bertz CT molecular complexity index is 376. The predicted molar refractivity (Wildman–Crippen MR) is 50.2 cm³/mol. The number of fused-ring (bicyclic) bond motifs is 1. The van der Waals surface area contributed by atoms with E-state index < -0.39 is 12.0 Å². The Hall–Kier alpha value is -1.55. The van der Waals surface area contributed by atoms with Crippen molar-refractivity contribution < 1.29 is 15.0 Å². The first-order valence-electron chi connectivity index (χ1n) is 4.46. The highest BCUT2D eigenvalue weighted by molar-refractivity contribution is 5.76. The van der Waals surface area contributed by atoms with E-state index in [9.17, 15) is 9.90 Å². The molecule has 0 aliphatic carbocycles. The summed E-state index contributed by atoms with van der Waals surface area (Å²) in [6.07, 6.45) is 0.757. The number of rotatable bonds is 1. The van der Waals surface area contributed by atoms with E-state index in [1.54, 1.807) is 12.1 Å². The van der Waals surface area contributed by atoms with Gasteiger partial charge in [-0.3, -0.25) is 4.79 Å². The Morgan fingerprint density at radius 1 is 1.50 bits per heavy atom. The van der Waals surface area contributed by atoms with Gasteiger partial charge in [-0.2, -0.15) is 0 Å². The molecule has 1 heterocycles. The Morgan fingerprint density at radius 2 is 2.29 bits per heavy atom. The quantitative estimate of drug-likeness (QED) is 0.613. The molecule has 0 bridgehead atoms. The highest BCUT2D eigenvalue weighted by Crippen LogP contribution is 2.26. The minimum Gasteiger partial charge on any atom is -0.508 e. The van der Waals surface area contributed by atoms with Gasteiger partial charge in [-0.05, 0) is 29.7 Å². The maximum atomic E-state index is 10.9. The lowest BCUT2D eigenvalue weighted by Gasteiger charge is -2.23. The Kier molecular flexibility index (Phi) is 2.13. The van der Waals surface area contributed by atoms with Gasteiger partial charge in [0.2, 0.25) is 0 Å². The van der Waals surface area contributed by atoms with Gasteiger partial charge in [0.1, 0.15) is 11.8 Å². The lowest BCUT2D eigenvalue weighted by Crippen LogP contribution is -2.34. The molecule has 74 valence electrons. The molecule has 0 saturated carbocycles. The highest BCUT2D eigenvalue weighted by atomic mass is 16.4. The first kappa shape index (κ1) is 9.02. The largest absolute Gasteiger partial charge is 0.508 e. The van der Waals surface area contributed by atoms with Crippen LogP contribution in [-0.2, 0) is 11.2 Å². The van der Waals surface area contributed by atoms with Gasteiger partial charge in [0.25, 0.3) is 0 Å². The van der Waals surface area contributed by atoms with Crippen LogP contribution in [0.15, 0.2) is 18.2 Å². The van der Waals surface area contributed by atoms with Crippen molar-refractivity contribution in [1.82, 2.24) is 5.32 Å². The highest BCUT2D eigenvalue weighted by Gasteiger charge is 2.25. The summed E-state index contributed by atoms with van der Waals surface area (Å²) in [6.45, 7) is 0.632. The Labute approximate surface area is 81.2 Å². The molecular formula is C10H11NO3. The molecule has 4 heteroatoms. The molecule has 0 saturated heterocycles. The van der Waals surface area contributed by atoms with Crippen LogP contribution >= 0.6 is 0 Å². The second kappa shape index (κ2) is 3.31. The van der Waals surface area contributed by atoms with Crippen molar-refractivity contribution in [1.29, 1.82) is 0 Å². The van der Waals surface area contributed by atoms with Crippen LogP contribution in [0.25, 0.3) is 0 Å². The van der Waals surface area contributed by atoms with Crippen LogP contribution in [-0.4, -0.2) is 22.7 Å². The van der Waals surface area contributed by atoms with Gasteiger partial charge in [-0.1, -0.05) is 6.07 Å². The summed E-state index contributed by atoms with van der Waals surface area (Å²) in [6, 6.07) is 4.17. The number of aromatic hydroxyl groups is 1. The number of carbonyl (C=O) groups is 1. The summed E-state index contributed by atoms with van der Waals surface area (Å²) in [4.78, 5) is 10.9. The third kappa shape index (κ3) is 1.44. The second-order valence-corrected chi connectivity index (χ2v) is 3.36. The topological polar surface area (TPSA) is 69.6 Å². The zero-order chi connectivity index (χ0) is 10.1. The van der Waals surface area contributed by atoms with E-state index in [-0.39, 0.29) is 5.75 Å². The SMILES string of the molecule is O=C(O)C1NCCc2cc(O)ccc21. The monoisotopic (exact) mass is 193 g/mol. The molecule has 1 aliphatic heterocycles. The third-order valence-electron chi connectivity index (χ3n) is 2.43. The van der Waals surface area contributed by atoms with Gasteiger partial charge >= 0.3 is 5.97 Å². The first-order chi connectivity index (χ1) is 6.68. The Balaban J connectivity index is 2.44. The van der Waals surface area contributed by atoms with Crippen LogP contribution in [0.5, 0.6) is 5.75 Å². The Morgan fingerprint density at radius 3 is 3.00 bits per heavy atom. The smallest absolute Gasteiger partial charge is 0.325 e. The van der Waals surface area contributed by atoms with Crippen molar-refractivity contribution in [3.63, 3.8) is 0 Å². The second-order valence-electron chi connectivity index (χ2n) is 3.36. The van der Waals surface area contributed by atoms with Gasteiger partial charge in [0.05, 0.1) is 0 Å². The maximum absolute atomic E-state index is 10.9. The van der Waals surface area contributed by atoms with Gasteiger partial charge in [-0.25, -0.2) is 0 Å². The number of carboxylic acids is 1. The van der Waals surface area contributed by atoms with Gasteiger partial charge < -0.3 is 15.5 Å². The molecule has 4 nitrogen and oxygen atoms in total. The molecular weight excluding hydrogens is 182 g/mol. The molecule has 14 heavy (non-hydrogen) atoms. The molecule has 0 fully saturated rings. The number of hydrogen-bond donors (Lipinski definition) is 3. The van der Waals surface area contributed by atoms with E-state index in [0.717, 1.165) is 17.5 Å². The standard InChI is InChI=1S/C10H11NO3/c12-7-1-2-8-6(5-7)3-4-11-9(8)10(13)14/h1-2,5,9,11-12H,3-4H2,(H,13,14). The molecule has 1 aromatic carbocycles. The third-order valence-corrected chi connectivity index (χ3v) is 2.43. The number of phenols is 1. The van der Waals surface area contributed by atoms with Crippen molar-refractivity contribution in [3.8, 4) is 5.75 Å². The van der Waals surface area contributed by atoms with Crippen molar-refractivity contribution >= 4 is 5.97 Å². The van der Waals surface area contributed by atoms with Crippen LogP contribution in [0.4, 0.5) is 0 Å². The minimum atomic E-state index is -0.878. The number of phenolic OH excluding ortho intramolecular Hbond substituents is 1. The van der Waals surface area contributed by atoms with Gasteiger partial charge in [0.15, 0.2) is 0 Å². The fraction of sp³-hybridized carbons (Fsp3) is 0.300. The van der Waals surface area contributed by atoms with Crippen molar-refractivity contribution in [2.24, 2.45) is 0 Å². The van der Waals surface area contributed by atoms with Crippen molar-refractivity contribution in [2.45, 2.75) is 12.5 Å². The molecule has 1 atom stereocenters. The number of nitrogens with one attached hydrogen (secondary N) is 1. The lowest BCUT2D eigenvalue weighted by molar-refractivity contribution is -0.139. The van der Waals surface area contributed by atoms with Gasteiger partial charge in [0, 0.05) is 6.54 Å². The van der Waals surface area contributed by atoms with Crippen molar-refractivity contribution in [3.05, 3.63) is 29.3 Å². The molecule has 0 spiro atoms. The minimum absolute atomic E-state index is 0.190. The summed E-state index contributed by atoms with van der Waals surface area (Å²) in [5, 5.41) is 21.1. The number of hydrogen-bond acceptors (Lipinski definition) is 3. The van der Waals surface area contributed by atoms with Crippen LogP contribution in [0.3, 0.4) is 0 Å². The molecule has 1 aliphatic rings. The van der Waals surface area contributed by atoms with E-state index in [4.69, 9.17) is 5.11 Å². The maximum Gasteiger partial charge on any atom is 0.325 e. The average molecular weight is 193 g/mol. The molecule has 0 amide bonds. The van der Waals surface area contributed by atoms with E-state index in [1.165, 1.54) is 6.07 Å². The van der Waals surface area contributed by atoms with Crippen LogP contribution in [0.2, 0.25) is 0 Å². The fourth-order valence-electron chi connectivity index (χ4n) is 1.77. The molecule has 1 aromatic rings. The summed E-state index contributed by atoms with van der Waals surface area (Å²) >= 11 is 0. The van der Waals surface area contributed by atoms with E-state index >= 15 is 0 Å². The number of benzene rings is 1. The van der Waals surface area contributed by atoms with E-state index in [0.29, 0.717) is 6.54 Å². The predicted octanol–water partition coefficient (Wildman–Crippen LogP) is 0.664. The van der Waals surface area contributed by atoms with Crippen molar-refractivity contribution in [2.75, 3.05) is 6.54 Å². The lowest BCUT2D eigenvalue weighted by atomic mass is 9.94. The summed E-state index contributed by atoms with van der Waals surface area (Å²) in [7, 11) is 0.